The summed E-state index contributed by atoms with van der Waals surface area (Å²) in [5.74, 6) is 0.194. The second-order valence-electron chi connectivity index (χ2n) is 7.43. The summed E-state index contributed by atoms with van der Waals surface area (Å²) >= 11 is 1.47. The first-order valence-corrected chi connectivity index (χ1v) is 12.4. The Bertz CT molecular complexity index is 1130. The highest BCUT2D eigenvalue weighted by Gasteiger charge is 2.25. The summed E-state index contributed by atoms with van der Waals surface area (Å²) in [5.41, 5.74) is 1.88. The number of piperazine rings is 1. The van der Waals surface area contributed by atoms with Crippen LogP contribution in [0.5, 0.6) is 0 Å². The summed E-state index contributed by atoms with van der Waals surface area (Å²) < 4.78 is 24.6. The number of benzene rings is 1. The molecule has 29 heavy (non-hydrogen) atoms. The third kappa shape index (κ3) is 4.36. The highest BCUT2D eigenvalue weighted by Crippen LogP contribution is 2.31. The Morgan fingerprint density at radius 3 is 2.48 bits per heavy atom. The van der Waals surface area contributed by atoms with E-state index in [2.05, 4.69) is 10.00 Å². The van der Waals surface area contributed by atoms with E-state index in [1.165, 1.54) is 17.6 Å². The Balaban J connectivity index is 1.49. The molecule has 0 bridgehead atoms. The monoisotopic (exact) mass is 432 g/mol. The highest BCUT2D eigenvalue weighted by atomic mass is 32.2. The topological polar surface area (TPSA) is 75.5 Å². The molecule has 1 amide bonds. The number of thiophene rings is 1. The van der Waals surface area contributed by atoms with Crippen molar-refractivity contribution >= 4 is 37.3 Å². The number of para-hydroxylation sites is 1. The first-order valence-electron chi connectivity index (χ1n) is 9.56. The zero-order chi connectivity index (χ0) is 20.6. The normalized spacial score (nSPS) is 15.9. The Labute approximate surface area is 174 Å². The fourth-order valence-electron chi connectivity index (χ4n) is 3.52. The molecule has 1 aliphatic rings. The number of rotatable bonds is 5. The van der Waals surface area contributed by atoms with Crippen molar-refractivity contribution in [3.8, 4) is 5.69 Å². The molecule has 0 saturated carbocycles. The molecule has 0 unspecified atom stereocenters. The van der Waals surface area contributed by atoms with Gasteiger partial charge in [0.25, 0.3) is 5.91 Å². The van der Waals surface area contributed by atoms with Gasteiger partial charge in [-0.2, -0.15) is 5.10 Å². The van der Waals surface area contributed by atoms with Crippen molar-refractivity contribution in [2.75, 3.05) is 44.7 Å². The molecule has 0 N–H and O–H groups in total. The van der Waals surface area contributed by atoms with Crippen LogP contribution >= 0.6 is 11.3 Å². The summed E-state index contributed by atoms with van der Waals surface area (Å²) in [6.07, 6.45) is 1.26. The minimum atomic E-state index is -2.96. The molecule has 4 rings (SSSR count). The van der Waals surface area contributed by atoms with Crippen LogP contribution in [0.1, 0.15) is 15.4 Å². The van der Waals surface area contributed by atoms with Gasteiger partial charge in [0.1, 0.15) is 14.7 Å². The lowest BCUT2D eigenvalue weighted by atomic mass is 10.2. The summed E-state index contributed by atoms with van der Waals surface area (Å²) in [6, 6.07) is 11.9. The van der Waals surface area contributed by atoms with E-state index in [1.807, 2.05) is 52.9 Å². The van der Waals surface area contributed by atoms with Gasteiger partial charge in [-0.1, -0.05) is 18.2 Å². The zero-order valence-corrected chi connectivity index (χ0v) is 18.2. The molecule has 1 aliphatic heterocycles. The Kier molecular flexibility index (Phi) is 5.46. The lowest BCUT2D eigenvalue weighted by Gasteiger charge is -2.34. The molecule has 1 aromatic carbocycles. The van der Waals surface area contributed by atoms with Crippen molar-refractivity contribution in [3.05, 3.63) is 47.0 Å². The van der Waals surface area contributed by atoms with E-state index >= 15 is 0 Å². The Hall–Kier alpha value is -2.23. The number of fused-ring (bicyclic) bond motifs is 1. The van der Waals surface area contributed by atoms with Gasteiger partial charge in [-0.05, 0) is 25.1 Å². The van der Waals surface area contributed by atoms with Gasteiger partial charge >= 0.3 is 0 Å². The number of sulfone groups is 1. The maximum absolute atomic E-state index is 13.0. The van der Waals surface area contributed by atoms with E-state index in [0.717, 1.165) is 26.5 Å². The first kappa shape index (κ1) is 20.1. The number of hydrogen-bond donors (Lipinski definition) is 0. The molecular formula is C20H24N4O3S2. The molecule has 154 valence electrons. The molecule has 0 radical (unpaired) electrons. The predicted octanol–water partition coefficient (Wildman–Crippen LogP) is 2.20. The number of hydrogen-bond acceptors (Lipinski definition) is 6. The molecule has 3 aromatic rings. The van der Waals surface area contributed by atoms with Crippen molar-refractivity contribution in [1.82, 2.24) is 19.6 Å². The molecule has 2 aromatic heterocycles. The van der Waals surface area contributed by atoms with Crippen molar-refractivity contribution in [3.63, 3.8) is 0 Å². The van der Waals surface area contributed by atoms with E-state index in [-0.39, 0.29) is 11.7 Å². The fraction of sp³-hybridized carbons (Fsp3) is 0.400. The van der Waals surface area contributed by atoms with Crippen LogP contribution in [0.2, 0.25) is 0 Å². The number of aromatic nitrogens is 2. The van der Waals surface area contributed by atoms with Gasteiger partial charge in [0.15, 0.2) is 0 Å². The summed E-state index contributed by atoms with van der Waals surface area (Å²) in [4.78, 5) is 18.7. The van der Waals surface area contributed by atoms with Gasteiger partial charge in [0, 0.05) is 44.4 Å². The largest absolute Gasteiger partial charge is 0.335 e. The van der Waals surface area contributed by atoms with Crippen LogP contribution in [-0.4, -0.2) is 78.6 Å². The summed E-state index contributed by atoms with van der Waals surface area (Å²) in [7, 11) is -2.96. The third-order valence-corrected chi connectivity index (χ3v) is 7.22. The van der Waals surface area contributed by atoms with Gasteiger partial charge in [0.2, 0.25) is 0 Å². The van der Waals surface area contributed by atoms with Gasteiger partial charge < -0.3 is 4.90 Å². The molecule has 1 saturated heterocycles. The molecule has 1 fully saturated rings. The quantitative estimate of drug-likeness (QED) is 0.618. The number of nitrogens with zero attached hydrogens (tertiary/aromatic N) is 4. The van der Waals surface area contributed by atoms with Crippen LogP contribution in [0.4, 0.5) is 0 Å². The van der Waals surface area contributed by atoms with E-state index in [1.54, 1.807) is 0 Å². The first-order chi connectivity index (χ1) is 13.8. The SMILES string of the molecule is Cc1nn(-c2ccccc2)c2sc(C(=O)N3CCN(CCS(C)(=O)=O)CC3)cc12. The van der Waals surface area contributed by atoms with Gasteiger partial charge in [0.05, 0.1) is 22.0 Å². The lowest BCUT2D eigenvalue weighted by Crippen LogP contribution is -2.49. The van der Waals surface area contributed by atoms with Gasteiger partial charge in [-0.3, -0.25) is 9.69 Å². The number of aryl methyl sites for hydroxylation is 1. The maximum Gasteiger partial charge on any atom is 0.264 e. The molecule has 3 heterocycles. The van der Waals surface area contributed by atoms with E-state index in [9.17, 15) is 13.2 Å². The highest BCUT2D eigenvalue weighted by molar-refractivity contribution is 7.90. The van der Waals surface area contributed by atoms with Gasteiger partial charge in [-0.25, -0.2) is 13.1 Å². The average molecular weight is 433 g/mol. The maximum atomic E-state index is 13.0. The van der Waals surface area contributed by atoms with Crippen LogP contribution < -0.4 is 0 Å². The minimum Gasteiger partial charge on any atom is -0.335 e. The van der Waals surface area contributed by atoms with Crippen LogP contribution in [-0.2, 0) is 9.84 Å². The number of carbonyl (C=O) groups excluding carboxylic acids is 1. The van der Waals surface area contributed by atoms with Gasteiger partial charge in [-0.15, -0.1) is 11.3 Å². The molecule has 0 aliphatic carbocycles. The van der Waals surface area contributed by atoms with Crippen molar-refractivity contribution < 1.29 is 13.2 Å². The number of carbonyl (C=O) groups is 1. The molecule has 0 spiro atoms. The summed E-state index contributed by atoms with van der Waals surface area (Å²) in [6.45, 7) is 5.10. The Morgan fingerprint density at radius 1 is 1.14 bits per heavy atom. The average Bonchev–Trinajstić information content (AvgIpc) is 3.27. The Morgan fingerprint density at radius 2 is 1.83 bits per heavy atom. The molecule has 7 nitrogen and oxygen atoms in total. The van der Waals surface area contributed by atoms with E-state index < -0.39 is 9.84 Å². The standard InChI is InChI=1S/C20H24N4O3S2/c1-15-17-14-18(28-20(17)24(21-15)16-6-4-3-5-7-16)19(25)23-10-8-22(9-11-23)12-13-29(2,26)27/h3-7,14H,8-13H2,1-2H3. The molecule has 0 atom stereocenters. The second kappa shape index (κ2) is 7.89. The minimum absolute atomic E-state index is 0.0352. The zero-order valence-electron chi connectivity index (χ0n) is 16.5. The van der Waals surface area contributed by atoms with E-state index in [4.69, 9.17) is 0 Å². The van der Waals surface area contributed by atoms with Crippen LogP contribution in [0.25, 0.3) is 15.9 Å². The van der Waals surface area contributed by atoms with Crippen molar-refractivity contribution in [1.29, 1.82) is 0 Å². The third-order valence-electron chi connectivity index (χ3n) is 5.19. The van der Waals surface area contributed by atoms with Crippen LogP contribution in [0.3, 0.4) is 0 Å². The van der Waals surface area contributed by atoms with Crippen LogP contribution in [0, 0.1) is 6.92 Å². The lowest BCUT2D eigenvalue weighted by molar-refractivity contribution is 0.0649. The fourth-order valence-corrected chi connectivity index (χ4v) is 5.26. The second-order valence-corrected chi connectivity index (χ2v) is 10.7. The summed E-state index contributed by atoms with van der Waals surface area (Å²) in [5, 5.41) is 5.64. The number of amides is 1. The smallest absolute Gasteiger partial charge is 0.264 e. The molecular weight excluding hydrogens is 408 g/mol. The predicted molar refractivity (Wildman–Crippen MR) is 116 cm³/mol. The van der Waals surface area contributed by atoms with Crippen molar-refractivity contribution in [2.45, 2.75) is 6.92 Å². The van der Waals surface area contributed by atoms with Crippen molar-refractivity contribution in [2.24, 2.45) is 0 Å². The van der Waals surface area contributed by atoms with Crippen LogP contribution in [0.15, 0.2) is 36.4 Å². The molecule has 9 heteroatoms. The van der Waals surface area contributed by atoms with E-state index in [0.29, 0.717) is 32.7 Å².